The number of aliphatic imine (C=N–C) groups is 1. The van der Waals surface area contributed by atoms with Gasteiger partial charge < -0.3 is 32.1 Å². The summed E-state index contributed by atoms with van der Waals surface area (Å²) in [5, 5.41) is 11.3. The Morgan fingerprint density at radius 2 is 1.90 bits per heavy atom. The van der Waals surface area contributed by atoms with Gasteiger partial charge in [-0.1, -0.05) is 0 Å². The van der Waals surface area contributed by atoms with E-state index in [1.165, 1.54) is 0 Å². The number of hydrogen-bond donors (Lipinski definition) is 4. The van der Waals surface area contributed by atoms with Crippen LogP contribution in [0.15, 0.2) is 4.99 Å². The van der Waals surface area contributed by atoms with Gasteiger partial charge in [0.1, 0.15) is 11.6 Å². The van der Waals surface area contributed by atoms with Gasteiger partial charge in [0.25, 0.3) is 0 Å². The third-order valence-corrected chi connectivity index (χ3v) is 1.93. The summed E-state index contributed by atoms with van der Waals surface area (Å²) >= 11 is 0. The van der Waals surface area contributed by atoms with E-state index in [4.69, 9.17) is 21.3 Å². The van der Waals surface area contributed by atoms with Gasteiger partial charge in [0.15, 0.2) is 5.96 Å². The molecule has 9 nitrogen and oxygen atoms in total. The second-order valence-corrected chi connectivity index (χ2v) is 4.99. The van der Waals surface area contributed by atoms with Crippen molar-refractivity contribution in [1.29, 1.82) is 0 Å². The van der Waals surface area contributed by atoms with Gasteiger partial charge >= 0.3 is 12.1 Å². The van der Waals surface area contributed by atoms with Crippen molar-refractivity contribution in [1.82, 2.24) is 5.32 Å². The average molecular weight is 292 g/mol. The molecule has 0 aliphatic heterocycles. The van der Waals surface area contributed by atoms with Crippen LogP contribution in [0, 0.1) is 0 Å². The first-order valence-corrected chi connectivity index (χ1v) is 5.89. The Morgan fingerprint density at radius 3 is 2.30 bits per heavy atom. The minimum absolute atomic E-state index is 0. The molecule has 0 spiro atoms. The number of hydrogen-bond acceptors (Lipinski definition) is 4. The Balaban J connectivity index is 0. The molecule has 0 aromatic heterocycles. The Kier molecular flexibility index (Phi) is 9.10. The SMILES string of the molecule is CC(C)(C)OC(=O)N[C@@H](CCCN=C(N)N)C(=O)O.O. The van der Waals surface area contributed by atoms with E-state index in [0.717, 1.165) is 0 Å². The molecule has 0 unspecified atom stereocenters. The molecule has 8 N–H and O–H groups in total. The van der Waals surface area contributed by atoms with Crippen molar-refractivity contribution in [3.8, 4) is 0 Å². The van der Waals surface area contributed by atoms with Crippen molar-refractivity contribution in [3.63, 3.8) is 0 Å². The number of rotatable bonds is 6. The second-order valence-electron chi connectivity index (χ2n) is 4.99. The number of carboxylic acid groups (broad SMARTS) is 1. The highest BCUT2D eigenvalue weighted by molar-refractivity contribution is 5.80. The Hall–Kier alpha value is -2.03. The largest absolute Gasteiger partial charge is 0.480 e. The van der Waals surface area contributed by atoms with Crippen molar-refractivity contribution in [2.75, 3.05) is 6.54 Å². The molecule has 0 aromatic carbocycles. The first-order valence-electron chi connectivity index (χ1n) is 5.89. The highest BCUT2D eigenvalue weighted by atomic mass is 16.6. The predicted molar refractivity (Wildman–Crippen MR) is 74.3 cm³/mol. The molecule has 1 atom stereocenters. The topological polar surface area (TPSA) is 172 Å². The zero-order chi connectivity index (χ0) is 15.1. The summed E-state index contributed by atoms with van der Waals surface area (Å²) in [5.41, 5.74) is 9.61. The Labute approximate surface area is 117 Å². The fourth-order valence-electron chi connectivity index (χ4n) is 1.21. The van der Waals surface area contributed by atoms with Gasteiger partial charge in [0, 0.05) is 6.54 Å². The average Bonchev–Trinajstić information content (AvgIpc) is 2.19. The molecule has 0 saturated carbocycles. The summed E-state index contributed by atoms with van der Waals surface area (Å²) in [7, 11) is 0. The number of nitrogens with one attached hydrogen (secondary N) is 1. The van der Waals surface area contributed by atoms with Gasteiger partial charge in [0.2, 0.25) is 0 Å². The lowest BCUT2D eigenvalue weighted by Gasteiger charge is -2.21. The van der Waals surface area contributed by atoms with Crippen molar-refractivity contribution in [2.45, 2.75) is 45.3 Å². The molecule has 0 aliphatic rings. The molecule has 0 aliphatic carbocycles. The number of ether oxygens (including phenoxy) is 1. The molecule has 118 valence electrons. The van der Waals surface area contributed by atoms with E-state index in [1.54, 1.807) is 20.8 Å². The van der Waals surface area contributed by atoms with Gasteiger partial charge in [-0.15, -0.1) is 0 Å². The van der Waals surface area contributed by atoms with Crippen molar-refractivity contribution in [3.05, 3.63) is 0 Å². The molecule has 0 rings (SSSR count). The fourth-order valence-corrected chi connectivity index (χ4v) is 1.21. The molecule has 0 radical (unpaired) electrons. The van der Waals surface area contributed by atoms with E-state index >= 15 is 0 Å². The first kappa shape index (κ1) is 20.3. The highest BCUT2D eigenvalue weighted by Gasteiger charge is 2.23. The van der Waals surface area contributed by atoms with Gasteiger partial charge in [-0.05, 0) is 33.6 Å². The fraction of sp³-hybridized carbons (Fsp3) is 0.727. The Morgan fingerprint density at radius 1 is 1.35 bits per heavy atom. The standard InChI is InChI=1S/C11H22N4O4.H2O/c1-11(2,3)19-10(18)15-7(8(16)17)5-4-6-14-9(12)13;/h7H,4-6H2,1-3H3,(H,15,18)(H,16,17)(H4,12,13,14);1H2/t7-;/m0./s1. The summed E-state index contributed by atoms with van der Waals surface area (Å²) in [5.74, 6) is -1.18. The van der Waals surface area contributed by atoms with E-state index in [9.17, 15) is 9.59 Å². The number of guanidine groups is 1. The number of carboxylic acids is 1. The number of nitrogens with two attached hydrogens (primary N) is 2. The molecule has 0 heterocycles. The normalized spacial score (nSPS) is 11.8. The lowest BCUT2D eigenvalue weighted by Crippen LogP contribution is -2.43. The minimum atomic E-state index is -1.13. The number of alkyl carbamates (subject to hydrolysis) is 1. The zero-order valence-corrected chi connectivity index (χ0v) is 12.0. The summed E-state index contributed by atoms with van der Waals surface area (Å²) in [6.45, 7) is 5.39. The number of carbonyl (C=O) groups excluding carboxylic acids is 1. The molecule has 0 saturated heterocycles. The van der Waals surface area contributed by atoms with E-state index in [-0.39, 0.29) is 17.9 Å². The number of nitrogens with zero attached hydrogens (tertiary/aromatic N) is 1. The van der Waals surface area contributed by atoms with Crippen LogP contribution in [-0.2, 0) is 9.53 Å². The summed E-state index contributed by atoms with van der Waals surface area (Å²) in [6.07, 6.45) is -0.113. The van der Waals surface area contributed by atoms with Crippen LogP contribution < -0.4 is 16.8 Å². The first-order chi connectivity index (χ1) is 8.61. The van der Waals surface area contributed by atoms with Crippen LogP contribution in [0.25, 0.3) is 0 Å². The molecule has 0 fully saturated rings. The quantitative estimate of drug-likeness (QED) is 0.283. The number of amides is 1. The molecular formula is C11H24N4O5. The monoisotopic (exact) mass is 292 g/mol. The van der Waals surface area contributed by atoms with Gasteiger partial charge in [-0.2, -0.15) is 0 Å². The molecule has 0 aromatic rings. The third kappa shape index (κ3) is 11.1. The smallest absolute Gasteiger partial charge is 0.408 e. The second kappa shape index (κ2) is 8.97. The Bertz CT molecular complexity index is 347. The lowest BCUT2D eigenvalue weighted by atomic mass is 10.1. The van der Waals surface area contributed by atoms with Gasteiger partial charge in [0.05, 0.1) is 0 Å². The molecular weight excluding hydrogens is 268 g/mol. The number of carbonyl (C=O) groups is 2. The molecule has 1 amide bonds. The van der Waals surface area contributed by atoms with Gasteiger partial charge in [-0.3, -0.25) is 4.99 Å². The van der Waals surface area contributed by atoms with Crippen LogP contribution >= 0.6 is 0 Å². The van der Waals surface area contributed by atoms with Crippen molar-refractivity contribution in [2.24, 2.45) is 16.5 Å². The molecule has 20 heavy (non-hydrogen) atoms. The van der Waals surface area contributed by atoms with Gasteiger partial charge in [-0.25, -0.2) is 9.59 Å². The highest BCUT2D eigenvalue weighted by Crippen LogP contribution is 2.07. The van der Waals surface area contributed by atoms with Crippen molar-refractivity contribution >= 4 is 18.0 Å². The maximum atomic E-state index is 11.5. The van der Waals surface area contributed by atoms with E-state index in [1.807, 2.05) is 0 Å². The van der Waals surface area contributed by atoms with Crippen LogP contribution in [-0.4, -0.2) is 46.8 Å². The van der Waals surface area contributed by atoms with Crippen LogP contribution in [0.4, 0.5) is 4.79 Å². The maximum Gasteiger partial charge on any atom is 0.408 e. The molecule has 0 bridgehead atoms. The van der Waals surface area contributed by atoms with E-state index in [2.05, 4.69) is 10.3 Å². The van der Waals surface area contributed by atoms with Crippen LogP contribution in [0.2, 0.25) is 0 Å². The lowest BCUT2D eigenvalue weighted by molar-refractivity contribution is -0.139. The van der Waals surface area contributed by atoms with E-state index < -0.39 is 23.7 Å². The minimum Gasteiger partial charge on any atom is -0.480 e. The summed E-state index contributed by atoms with van der Waals surface area (Å²) < 4.78 is 4.98. The van der Waals surface area contributed by atoms with E-state index in [0.29, 0.717) is 13.0 Å². The number of aliphatic carboxylic acids is 1. The van der Waals surface area contributed by atoms with Crippen LogP contribution in [0.1, 0.15) is 33.6 Å². The molecule has 9 heteroatoms. The van der Waals surface area contributed by atoms with Crippen LogP contribution in [0.3, 0.4) is 0 Å². The van der Waals surface area contributed by atoms with Crippen LogP contribution in [0.5, 0.6) is 0 Å². The third-order valence-electron chi connectivity index (χ3n) is 1.93. The van der Waals surface area contributed by atoms with Crippen molar-refractivity contribution < 1.29 is 24.9 Å². The predicted octanol–water partition coefficient (Wildman–Crippen LogP) is -0.807. The zero-order valence-electron chi connectivity index (χ0n) is 12.0. The maximum absolute atomic E-state index is 11.5. The summed E-state index contributed by atoms with van der Waals surface area (Å²) in [4.78, 5) is 26.2. The summed E-state index contributed by atoms with van der Waals surface area (Å²) in [6, 6.07) is -1.02.